The van der Waals surface area contributed by atoms with Crippen LogP contribution in [0.2, 0.25) is 0 Å². The molecule has 0 amide bonds. The van der Waals surface area contributed by atoms with Crippen molar-refractivity contribution in [2.75, 3.05) is 6.67 Å². The van der Waals surface area contributed by atoms with E-state index in [4.69, 9.17) is 0 Å². The Labute approximate surface area is 132 Å². The fourth-order valence-corrected chi connectivity index (χ4v) is 6.37. The number of halogens is 1. The minimum absolute atomic E-state index is 0.0177. The van der Waals surface area contributed by atoms with E-state index in [9.17, 15) is 14.3 Å². The molecule has 3 saturated carbocycles. The lowest BCUT2D eigenvalue weighted by Gasteiger charge is -2.53. The van der Waals surface area contributed by atoms with E-state index in [0.717, 1.165) is 44.9 Å². The quantitative estimate of drug-likeness (QED) is 0.802. The van der Waals surface area contributed by atoms with Crippen LogP contribution < -0.4 is 0 Å². The molecule has 7 atom stereocenters. The van der Waals surface area contributed by atoms with Gasteiger partial charge in [-0.15, -0.1) is 0 Å². The molecule has 122 valence electrons. The van der Waals surface area contributed by atoms with E-state index in [1.807, 2.05) is 0 Å². The zero-order valence-corrected chi connectivity index (χ0v) is 13.4. The highest BCUT2D eigenvalue weighted by atomic mass is 19.1. The first-order valence-electron chi connectivity index (χ1n) is 9.03. The van der Waals surface area contributed by atoms with E-state index in [1.54, 1.807) is 6.08 Å². The van der Waals surface area contributed by atoms with Crippen molar-refractivity contribution in [3.05, 3.63) is 11.6 Å². The zero-order chi connectivity index (χ0) is 15.5. The van der Waals surface area contributed by atoms with Gasteiger partial charge < -0.3 is 5.11 Å². The Balaban J connectivity index is 1.62. The van der Waals surface area contributed by atoms with E-state index in [0.29, 0.717) is 23.7 Å². The smallest absolute Gasteiger partial charge is 0.161 e. The molecule has 0 aromatic rings. The molecule has 3 fully saturated rings. The fraction of sp³-hybridized carbons (Fsp3) is 0.842. The van der Waals surface area contributed by atoms with Gasteiger partial charge in [-0.25, -0.2) is 0 Å². The van der Waals surface area contributed by atoms with Crippen LogP contribution in [0.25, 0.3) is 0 Å². The first-order chi connectivity index (χ1) is 10.5. The molecule has 0 bridgehead atoms. The number of ketones is 1. The van der Waals surface area contributed by atoms with Crippen LogP contribution >= 0.6 is 0 Å². The van der Waals surface area contributed by atoms with Crippen molar-refractivity contribution in [2.24, 2.45) is 35.0 Å². The van der Waals surface area contributed by atoms with Crippen LogP contribution in [0.3, 0.4) is 0 Å². The molecule has 0 radical (unpaired) electrons. The number of alkyl halides is 1. The van der Waals surface area contributed by atoms with E-state index < -0.39 is 12.6 Å². The Morgan fingerprint density at radius 1 is 1.27 bits per heavy atom. The highest BCUT2D eigenvalue weighted by Gasteiger charge is 2.56. The Morgan fingerprint density at radius 2 is 2.09 bits per heavy atom. The summed E-state index contributed by atoms with van der Waals surface area (Å²) in [6.45, 7) is 1.78. The Kier molecular flexibility index (Phi) is 3.48. The maximum absolute atomic E-state index is 13.2. The third-order valence-corrected chi connectivity index (χ3v) is 7.66. The molecular weight excluding hydrogens is 279 g/mol. The van der Waals surface area contributed by atoms with Gasteiger partial charge in [0.25, 0.3) is 0 Å². The van der Waals surface area contributed by atoms with Crippen LogP contribution in [0.5, 0.6) is 0 Å². The summed E-state index contributed by atoms with van der Waals surface area (Å²) < 4.78 is 13.2. The predicted molar refractivity (Wildman–Crippen MR) is 82.9 cm³/mol. The van der Waals surface area contributed by atoms with E-state index in [1.165, 1.54) is 5.57 Å². The number of fused-ring (bicyclic) bond motifs is 5. The highest BCUT2D eigenvalue weighted by molar-refractivity contribution is 5.93. The molecule has 4 rings (SSSR count). The number of aliphatic hydroxyl groups is 1. The maximum atomic E-state index is 13.2. The van der Waals surface area contributed by atoms with Crippen LogP contribution in [0.1, 0.15) is 51.9 Å². The summed E-state index contributed by atoms with van der Waals surface area (Å²) in [6, 6.07) is 0. The van der Waals surface area contributed by atoms with Crippen LogP contribution in [0, 0.1) is 35.0 Å². The SMILES string of the molecule is C[C@]12CC[C@H]3[C@@H](CCC4=CC(=O)C(CF)C[C@@H]43)[C@@H]1CC[C@@H]2O. The lowest BCUT2D eigenvalue weighted by atomic mass is 9.51. The molecule has 0 spiro atoms. The summed E-state index contributed by atoms with van der Waals surface area (Å²) >= 11 is 0. The second-order valence-corrected chi connectivity index (χ2v) is 8.43. The number of aliphatic hydroxyl groups excluding tert-OH is 1. The van der Waals surface area contributed by atoms with Crippen molar-refractivity contribution < 1.29 is 14.3 Å². The fourth-order valence-electron chi connectivity index (χ4n) is 6.37. The molecular formula is C19H27FO2. The minimum Gasteiger partial charge on any atom is -0.393 e. The average molecular weight is 306 g/mol. The van der Waals surface area contributed by atoms with Gasteiger partial charge in [0, 0.05) is 0 Å². The third kappa shape index (κ3) is 1.97. The monoisotopic (exact) mass is 306 g/mol. The number of rotatable bonds is 1. The van der Waals surface area contributed by atoms with Crippen molar-refractivity contribution in [1.29, 1.82) is 0 Å². The molecule has 0 aromatic carbocycles. The normalized spacial score (nSPS) is 50.9. The first-order valence-corrected chi connectivity index (χ1v) is 9.03. The lowest BCUT2D eigenvalue weighted by Crippen LogP contribution is -2.48. The van der Waals surface area contributed by atoms with Crippen LogP contribution in [0.4, 0.5) is 4.39 Å². The topological polar surface area (TPSA) is 37.3 Å². The van der Waals surface area contributed by atoms with Crippen molar-refractivity contribution in [3.63, 3.8) is 0 Å². The summed E-state index contributed by atoms with van der Waals surface area (Å²) in [5.74, 6) is 1.97. The molecule has 0 saturated heterocycles. The predicted octanol–water partition coefficient (Wildman–Crippen LogP) is 3.68. The summed E-state index contributed by atoms with van der Waals surface area (Å²) in [4.78, 5) is 12.0. The first kappa shape index (κ1) is 14.9. The Bertz CT molecular complexity index is 514. The number of carbonyl (C=O) groups excluding carboxylic acids is 1. The van der Waals surface area contributed by atoms with Gasteiger partial charge in [0.05, 0.1) is 18.7 Å². The van der Waals surface area contributed by atoms with Gasteiger partial charge in [0.2, 0.25) is 0 Å². The van der Waals surface area contributed by atoms with E-state index in [2.05, 4.69) is 6.92 Å². The number of carbonyl (C=O) groups is 1. The van der Waals surface area contributed by atoms with Gasteiger partial charge in [-0.1, -0.05) is 12.5 Å². The van der Waals surface area contributed by atoms with Gasteiger partial charge in [0.15, 0.2) is 5.78 Å². The van der Waals surface area contributed by atoms with E-state index in [-0.39, 0.29) is 17.3 Å². The van der Waals surface area contributed by atoms with Crippen molar-refractivity contribution in [2.45, 2.75) is 58.0 Å². The molecule has 4 aliphatic rings. The standard InChI is InChI=1S/C19H27FO2/c1-19-7-6-13-14(16(19)4-5-18(19)22)3-2-11-9-17(21)12(10-20)8-15(11)13/h9,12-16,18,22H,2-8,10H2,1H3/t12?,13-,14+,15-,16-,18-,19-/m0/s1. The Morgan fingerprint density at radius 3 is 2.86 bits per heavy atom. The van der Waals surface area contributed by atoms with Gasteiger partial charge >= 0.3 is 0 Å². The van der Waals surface area contributed by atoms with Gasteiger partial charge in [0.1, 0.15) is 0 Å². The highest BCUT2D eigenvalue weighted by Crippen LogP contribution is 2.61. The largest absolute Gasteiger partial charge is 0.393 e. The molecule has 0 heterocycles. The summed E-state index contributed by atoms with van der Waals surface area (Å²) in [5.41, 5.74) is 1.41. The van der Waals surface area contributed by atoms with Crippen molar-refractivity contribution in [3.8, 4) is 0 Å². The van der Waals surface area contributed by atoms with Gasteiger partial charge in [-0.3, -0.25) is 9.18 Å². The second-order valence-electron chi connectivity index (χ2n) is 8.43. The minimum atomic E-state index is -0.504. The third-order valence-electron chi connectivity index (χ3n) is 7.66. The lowest BCUT2D eigenvalue weighted by molar-refractivity contribution is -0.121. The molecule has 3 heteroatoms. The second kappa shape index (κ2) is 5.15. The van der Waals surface area contributed by atoms with Crippen LogP contribution in [0.15, 0.2) is 11.6 Å². The molecule has 22 heavy (non-hydrogen) atoms. The Hall–Kier alpha value is -0.700. The summed E-state index contributed by atoms with van der Waals surface area (Å²) in [6.07, 6.45) is 8.89. The van der Waals surface area contributed by atoms with Crippen molar-refractivity contribution >= 4 is 5.78 Å². The van der Waals surface area contributed by atoms with Crippen molar-refractivity contribution in [1.82, 2.24) is 0 Å². The molecule has 2 nitrogen and oxygen atoms in total. The number of hydrogen-bond acceptors (Lipinski definition) is 2. The summed E-state index contributed by atoms with van der Waals surface area (Å²) in [5, 5.41) is 10.4. The van der Waals surface area contributed by atoms with Gasteiger partial charge in [-0.05, 0) is 80.1 Å². The molecule has 0 aliphatic heterocycles. The molecule has 1 unspecified atom stereocenters. The average Bonchev–Trinajstić information content (AvgIpc) is 2.82. The number of hydrogen-bond donors (Lipinski definition) is 1. The zero-order valence-electron chi connectivity index (χ0n) is 13.4. The van der Waals surface area contributed by atoms with E-state index >= 15 is 0 Å². The number of allylic oxidation sites excluding steroid dienone is 1. The summed E-state index contributed by atoms with van der Waals surface area (Å²) in [7, 11) is 0. The van der Waals surface area contributed by atoms with Crippen LogP contribution in [-0.4, -0.2) is 23.7 Å². The maximum Gasteiger partial charge on any atom is 0.161 e. The molecule has 4 aliphatic carbocycles. The molecule has 1 N–H and O–H groups in total. The van der Waals surface area contributed by atoms with Crippen LogP contribution in [-0.2, 0) is 4.79 Å². The molecule has 0 aromatic heterocycles. The van der Waals surface area contributed by atoms with Gasteiger partial charge in [-0.2, -0.15) is 0 Å².